The number of carbonyl (C=O) groups excluding carboxylic acids is 1. The van der Waals surface area contributed by atoms with Crippen molar-refractivity contribution in [1.82, 2.24) is 0 Å². The van der Waals surface area contributed by atoms with E-state index in [1.54, 1.807) is 0 Å². The van der Waals surface area contributed by atoms with Crippen LogP contribution in [0.15, 0.2) is 36.4 Å². The lowest BCUT2D eigenvalue weighted by molar-refractivity contribution is -0.120. The zero-order valence-corrected chi connectivity index (χ0v) is 12.7. The van der Waals surface area contributed by atoms with Gasteiger partial charge in [0.05, 0.1) is 5.41 Å². The summed E-state index contributed by atoms with van der Waals surface area (Å²) in [5, 5.41) is -1.38. The van der Waals surface area contributed by atoms with E-state index >= 15 is 0 Å². The first-order valence-electron chi connectivity index (χ1n) is 5.69. The van der Waals surface area contributed by atoms with Crippen LogP contribution < -0.4 is 5.73 Å². The van der Waals surface area contributed by atoms with Crippen molar-refractivity contribution in [2.75, 3.05) is 0 Å². The van der Waals surface area contributed by atoms with E-state index in [1.165, 1.54) is 38.1 Å². The normalized spacial score (nSPS) is 16.2. The molecule has 20 heavy (non-hydrogen) atoms. The van der Waals surface area contributed by atoms with Gasteiger partial charge < -0.3 is 5.73 Å². The van der Waals surface area contributed by atoms with Gasteiger partial charge in [-0.15, -0.1) is 0 Å². The van der Waals surface area contributed by atoms with Crippen LogP contribution >= 0.6 is 11.6 Å². The molecule has 1 rings (SSSR count). The Morgan fingerprint density at radius 3 is 2.20 bits per heavy atom. The van der Waals surface area contributed by atoms with E-state index in [4.69, 9.17) is 17.3 Å². The van der Waals surface area contributed by atoms with Crippen molar-refractivity contribution < 1.29 is 17.8 Å². The molecule has 3 N–H and O–H groups in total. The predicted octanol–water partition coefficient (Wildman–Crippen LogP) is 1.92. The van der Waals surface area contributed by atoms with Crippen LogP contribution in [-0.2, 0) is 20.3 Å². The number of halogens is 1. The van der Waals surface area contributed by atoms with Gasteiger partial charge in [-0.3, -0.25) is 9.35 Å². The van der Waals surface area contributed by atoms with Crippen molar-refractivity contribution in [1.29, 1.82) is 0 Å². The number of hydrogen-bond acceptors (Lipinski definition) is 4. The summed E-state index contributed by atoms with van der Waals surface area (Å²) < 4.78 is 31.9. The highest BCUT2D eigenvalue weighted by molar-refractivity contribution is 7.86. The Hall–Kier alpha value is -1.21. The molecule has 7 heteroatoms. The third-order valence-corrected chi connectivity index (χ3v) is 4.56. The van der Waals surface area contributed by atoms with Gasteiger partial charge in [0.1, 0.15) is 0 Å². The molecule has 110 valence electrons. The van der Waals surface area contributed by atoms with Gasteiger partial charge in [-0.1, -0.05) is 30.3 Å². The molecule has 0 saturated carbocycles. The van der Waals surface area contributed by atoms with Crippen LogP contribution in [0.2, 0.25) is 5.02 Å². The second-order valence-corrected chi connectivity index (χ2v) is 6.73. The molecule has 0 fully saturated rings. The van der Waals surface area contributed by atoms with Crippen LogP contribution in [0, 0.1) is 0 Å². The lowest BCUT2D eigenvalue weighted by Gasteiger charge is -2.32. The average Bonchev–Trinajstić information content (AvgIpc) is 2.35. The first-order valence-corrected chi connectivity index (χ1v) is 7.57. The molecule has 0 bridgehead atoms. The number of carbonyl (C=O) groups is 1. The molecule has 0 amide bonds. The Bertz CT molecular complexity index is 639. The molecule has 2 unspecified atom stereocenters. The number of benzene rings is 1. The lowest BCUT2D eigenvalue weighted by atomic mass is 9.76. The van der Waals surface area contributed by atoms with Gasteiger partial charge in [-0.2, -0.15) is 8.42 Å². The van der Waals surface area contributed by atoms with Crippen LogP contribution in [0.3, 0.4) is 0 Å². The molecule has 0 aliphatic carbocycles. The number of nitrogens with two attached hydrogens (primary N) is 1. The highest BCUT2D eigenvalue weighted by Gasteiger charge is 2.47. The number of ketones is 1. The van der Waals surface area contributed by atoms with Gasteiger partial charge in [0.15, 0.2) is 11.2 Å². The van der Waals surface area contributed by atoms with Gasteiger partial charge in [-0.25, -0.2) is 0 Å². The molecule has 0 saturated heterocycles. The summed E-state index contributed by atoms with van der Waals surface area (Å²) in [7, 11) is -4.61. The van der Waals surface area contributed by atoms with Crippen molar-refractivity contribution in [2.24, 2.45) is 5.73 Å². The van der Waals surface area contributed by atoms with E-state index in [0.29, 0.717) is 10.6 Å². The Morgan fingerprint density at radius 1 is 1.40 bits per heavy atom. The minimum Gasteiger partial charge on any atom is -0.312 e. The molecule has 0 spiro atoms. The van der Waals surface area contributed by atoms with Crippen LogP contribution in [-0.4, -0.2) is 24.1 Å². The quantitative estimate of drug-likeness (QED) is 0.638. The topological polar surface area (TPSA) is 97.5 Å². The van der Waals surface area contributed by atoms with Gasteiger partial charge in [0.25, 0.3) is 10.1 Å². The molecular formula is C13H16ClNO4S. The fraction of sp³-hybridized carbons (Fsp3) is 0.308. The van der Waals surface area contributed by atoms with E-state index in [-0.39, 0.29) is 5.57 Å². The third-order valence-electron chi connectivity index (χ3n) is 3.19. The summed E-state index contributed by atoms with van der Waals surface area (Å²) in [6.07, 6.45) is 0. The molecule has 2 atom stereocenters. The van der Waals surface area contributed by atoms with Crippen molar-refractivity contribution >= 4 is 27.5 Å². The zero-order valence-electron chi connectivity index (χ0n) is 11.1. The largest absolute Gasteiger partial charge is 0.312 e. The molecule has 1 aromatic rings. The number of rotatable bonds is 5. The highest BCUT2D eigenvalue weighted by Crippen LogP contribution is 2.33. The maximum atomic E-state index is 12.4. The smallest absolute Gasteiger partial charge is 0.282 e. The van der Waals surface area contributed by atoms with Crippen LogP contribution in [0.4, 0.5) is 0 Å². The van der Waals surface area contributed by atoms with Gasteiger partial charge >= 0.3 is 0 Å². The van der Waals surface area contributed by atoms with Crippen molar-refractivity contribution in [3.63, 3.8) is 0 Å². The maximum Gasteiger partial charge on any atom is 0.282 e. The highest BCUT2D eigenvalue weighted by atomic mass is 35.5. The first kappa shape index (κ1) is 16.8. The van der Waals surface area contributed by atoms with Crippen molar-refractivity contribution in [2.45, 2.75) is 24.6 Å². The standard InChI is InChI=1S/C13H16ClNO4S/c1-8(2)11(16)13(3,12(15)20(17,18)19)9-4-6-10(14)7-5-9/h4-7,12H,1,15H2,2-3H3,(H,17,18,19). The molecule has 0 aliphatic rings. The SMILES string of the molecule is C=C(C)C(=O)C(C)(c1ccc(Cl)cc1)C(N)S(=O)(=O)O. The molecule has 0 radical (unpaired) electrons. The second kappa shape index (κ2) is 5.65. The summed E-state index contributed by atoms with van der Waals surface area (Å²) in [4.78, 5) is 12.4. The molecule has 0 aliphatic heterocycles. The molecular weight excluding hydrogens is 302 g/mol. The van der Waals surface area contributed by atoms with Gasteiger partial charge in [-0.05, 0) is 37.1 Å². The number of Topliss-reactive ketones (excluding diaryl/α,β-unsaturated/α-hetero) is 1. The van der Waals surface area contributed by atoms with Crippen LogP contribution in [0.1, 0.15) is 19.4 Å². The number of allylic oxidation sites excluding steroid dienone is 1. The fourth-order valence-electron chi connectivity index (χ4n) is 1.96. The first-order chi connectivity index (χ1) is 9.01. The van der Waals surface area contributed by atoms with Gasteiger partial charge in [0, 0.05) is 5.02 Å². The molecule has 0 heterocycles. The van der Waals surface area contributed by atoms with Crippen molar-refractivity contribution in [3.05, 3.63) is 47.0 Å². The molecule has 1 aromatic carbocycles. The third kappa shape index (κ3) is 3.09. The Morgan fingerprint density at radius 2 is 1.85 bits per heavy atom. The van der Waals surface area contributed by atoms with Crippen LogP contribution in [0.25, 0.3) is 0 Å². The summed E-state index contributed by atoms with van der Waals surface area (Å²) in [6, 6.07) is 6.01. The summed E-state index contributed by atoms with van der Waals surface area (Å²) >= 11 is 5.77. The predicted molar refractivity (Wildman–Crippen MR) is 78.1 cm³/mol. The zero-order chi connectivity index (χ0) is 15.7. The summed E-state index contributed by atoms with van der Waals surface area (Å²) in [6.45, 7) is 6.33. The lowest BCUT2D eigenvalue weighted by Crippen LogP contribution is -2.53. The average molecular weight is 318 g/mol. The summed E-state index contributed by atoms with van der Waals surface area (Å²) in [5.41, 5.74) is 4.43. The van der Waals surface area contributed by atoms with Gasteiger partial charge in [0.2, 0.25) is 0 Å². The Labute approximate surface area is 123 Å². The van der Waals surface area contributed by atoms with E-state index in [1.807, 2.05) is 0 Å². The van der Waals surface area contributed by atoms with E-state index in [9.17, 15) is 17.8 Å². The Balaban J connectivity index is 3.54. The minimum absolute atomic E-state index is 0.140. The fourth-order valence-corrected chi connectivity index (χ4v) is 2.93. The summed E-state index contributed by atoms with van der Waals surface area (Å²) in [5.74, 6) is -0.565. The molecule has 0 aromatic heterocycles. The van der Waals surface area contributed by atoms with E-state index in [2.05, 4.69) is 6.58 Å². The van der Waals surface area contributed by atoms with Crippen molar-refractivity contribution in [3.8, 4) is 0 Å². The number of hydrogen-bond donors (Lipinski definition) is 2. The van der Waals surface area contributed by atoms with Crippen LogP contribution in [0.5, 0.6) is 0 Å². The maximum absolute atomic E-state index is 12.4. The minimum atomic E-state index is -4.61. The molecule has 5 nitrogen and oxygen atoms in total. The second-order valence-electron chi connectivity index (χ2n) is 4.75. The monoisotopic (exact) mass is 317 g/mol. The Kier molecular flexibility index (Phi) is 4.76. The van der Waals surface area contributed by atoms with E-state index in [0.717, 1.165) is 0 Å². The van der Waals surface area contributed by atoms with E-state index < -0.39 is 26.7 Å².